The fourth-order valence-electron chi connectivity index (χ4n) is 1.96. The number of carbonyl (C=O) groups is 1. The van der Waals surface area contributed by atoms with Crippen molar-refractivity contribution in [2.24, 2.45) is 4.99 Å². The zero-order chi connectivity index (χ0) is 16.4. The summed E-state index contributed by atoms with van der Waals surface area (Å²) in [6.07, 6.45) is 1.74. The summed E-state index contributed by atoms with van der Waals surface area (Å²) in [6.45, 7) is 0. The minimum Gasteiger partial charge on any atom is -0.450 e. The summed E-state index contributed by atoms with van der Waals surface area (Å²) in [5.41, 5.74) is 0. The average molecular weight is 365 g/mol. The molecular formula is C16H13ClN2O2S2. The molecule has 1 aliphatic heterocycles. The van der Waals surface area contributed by atoms with Gasteiger partial charge in [-0.2, -0.15) is 0 Å². The van der Waals surface area contributed by atoms with Crippen LogP contribution >= 0.6 is 35.1 Å². The molecule has 1 aliphatic rings. The molecule has 3 rings (SSSR count). The third-order valence-electron chi connectivity index (χ3n) is 3.10. The molecule has 1 amide bonds. The van der Waals surface area contributed by atoms with Crippen molar-refractivity contribution in [1.29, 1.82) is 0 Å². The van der Waals surface area contributed by atoms with Gasteiger partial charge in [0.25, 0.3) is 5.91 Å². The van der Waals surface area contributed by atoms with Crippen LogP contribution in [0.15, 0.2) is 60.7 Å². The van der Waals surface area contributed by atoms with E-state index < -0.39 is 0 Å². The van der Waals surface area contributed by atoms with Crippen LogP contribution in [0.25, 0.3) is 6.08 Å². The fourth-order valence-corrected chi connectivity index (χ4v) is 3.78. The molecule has 0 spiro atoms. The van der Waals surface area contributed by atoms with Crippen molar-refractivity contribution in [3.63, 3.8) is 0 Å². The minimum absolute atomic E-state index is 0.0705. The highest BCUT2D eigenvalue weighted by Crippen LogP contribution is 2.34. The maximum absolute atomic E-state index is 12.1. The first kappa shape index (κ1) is 16.2. The largest absolute Gasteiger partial charge is 0.450 e. The molecule has 1 fully saturated rings. The second-order valence-electron chi connectivity index (χ2n) is 4.69. The Balaban J connectivity index is 1.76. The van der Waals surface area contributed by atoms with E-state index in [1.165, 1.54) is 28.4 Å². The summed E-state index contributed by atoms with van der Waals surface area (Å²) in [7, 11) is 3.38. The summed E-state index contributed by atoms with van der Waals surface area (Å²) < 4.78 is 5.76. The number of amidine groups is 1. The molecule has 118 valence electrons. The van der Waals surface area contributed by atoms with Gasteiger partial charge in [-0.3, -0.25) is 14.7 Å². The highest BCUT2D eigenvalue weighted by atomic mass is 35.5. The summed E-state index contributed by atoms with van der Waals surface area (Å²) in [5.74, 6) is 0.571. The van der Waals surface area contributed by atoms with Crippen molar-refractivity contribution < 1.29 is 9.21 Å². The lowest BCUT2D eigenvalue weighted by Gasteiger charge is -2.04. The van der Waals surface area contributed by atoms with Crippen LogP contribution in [-0.4, -0.2) is 30.1 Å². The zero-order valence-corrected chi connectivity index (χ0v) is 14.8. The first-order chi connectivity index (χ1) is 11.1. The molecule has 0 radical (unpaired) electrons. The molecule has 0 unspecified atom stereocenters. The van der Waals surface area contributed by atoms with E-state index in [0.717, 1.165) is 9.99 Å². The molecule has 7 heteroatoms. The number of hydrogen-bond acceptors (Lipinski definition) is 5. The lowest BCUT2D eigenvalue weighted by Crippen LogP contribution is -2.23. The number of halogens is 1. The molecule has 4 nitrogen and oxygen atoms in total. The predicted octanol–water partition coefficient (Wildman–Crippen LogP) is 4.62. The monoisotopic (exact) mass is 364 g/mol. The van der Waals surface area contributed by atoms with E-state index in [1.807, 2.05) is 36.4 Å². The van der Waals surface area contributed by atoms with Gasteiger partial charge in [0.2, 0.25) is 0 Å². The number of benzene rings is 1. The molecular weight excluding hydrogens is 352 g/mol. The minimum atomic E-state index is -0.0705. The van der Waals surface area contributed by atoms with E-state index >= 15 is 0 Å². The van der Waals surface area contributed by atoms with Crippen molar-refractivity contribution >= 4 is 52.3 Å². The van der Waals surface area contributed by atoms with Gasteiger partial charge in [0, 0.05) is 30.1 Å². The molecule has 1 aromatic carbocycles. The van der Waals surface area contributed by atoms with Gasteiger partial charge in [-0.05, 0) is 48.2 Å². The Morgan fingerprint density at radius 3 is 2.65 bits per heavy atom. The fraction of sp³-hybridized carbons (Fsp3) is 0.125. The molecule has 1 saturated heterocycles. The van der Waals surface area contributed by atoms with E-state index in [-0.39, 0.29) is 5.91 Å². The molecule has 0 N–H and O–H groups in total. The van der Waals surface area contributed by atoms with E-state index in [0.29, 0.717) is 20.9 Å². The SMILES string of the molecule is CN=C1SC(=Cc2ccc(Sc3ccc(Cl)cc3)o2)C(=O)N1C. The number of hydrogen-bond donors (Lipinski definition) is 0. The van der Waals surface area contributed by atoms with Crippen LogP contribution in [0, 0.1) is 0 Å². The zero-order valence-electron chi connectivity index (χ0n) is 12.4. The molecule has 23 heavy (non-hydrogen) atoms. The lowest BCUT2D eigenvalue weighted by molar-refractivity contribution is -0.121. The Kier molecular flexibility index (Phi) is 4.84. The number of aliphatic imine (C=N–C) groups is 1. The van der Waals surface area contributed by atoms with Gasteiger partial charge in [0.1, 0.15) is 5.76 Å². The van der Waals surface area contributed by atoms with E-state index in [4.69, 9.17) is 16.0 Å². The van der Waals surface area contributed by atoms with Crippen LogP contribution in [0.5, 0.6) is 0 Å². The summed E-state index contributed by atoms with van der Waals surface area (Å²) >= 11 is 8.72. The number of rotatable bonds is 3. The second kappa shape index (κ2) is 6.86. The topological polar surface area (TPSA) is 45.8 Å². The molecule has 1 aromatic heterocycles. The Labute approximate surface area is 147 Å². The summed E-state index contributed by atoms with van der Waals surface area (Å²) in [5, 5.41) is 2.14. The van der Waals surface area contributed by atoms with E-state index in [2.05, 4.69) is 4.99 Å². The number of thioether (sulfide) groups is 1. The first-order valence-corrected chi connectivity index (χ1v) is 8.75. The molecule has 2 aromatic rings. The maximum atomic E-state index is 12.1. The molecule has 0 bridgehead atoms. The normalized spacial score (nSPS) is 18.4. The van der Waals surface area contributed by atoms with Crippen LogP contribution in [0.4, 0.5) is 0 Å². The summed E-state index contributed by atoms with van der Waals surface area (Å²) in [4.78, 5) is 19.4. The van der Waals surface area contributed by atoms with Crippen molar-refractivity contribution in [2.75, 3.05) is 14.1 Å². The van der Waals surface area contributed by atoms with Crippen LogP contribution in [0.2, 0.25) is 5.02 Å². The Hall–Kier alpha value is -1.63. The number of carbonyl (C=O) groups excluding carboxylic acids is 1. The Morgan fingerprint density at radius 1 is 1.26 bits per heavy atom. The van der Waals surface area contributed by atoms with Crippen LogP contribution in [0.3, 0.4) is 0 Å². The maximum Gasteiger partial charge on any atom is 0.266 e. The third-order valence-corrected chi connectivity index (χ3v) is 5.43. The van der Waals surface area contributed by atoms with Crippen molar-refractivity contribution in [2.45, 2.75) is 9.99 Å². The van der Waals surface area contributed by atoms with Crippen molar-refractivity contribution in [3.05, 3.63) is 52.1 Å². The number of amides is 1. The highest BCUT2D eigenvalue weighted by Gasteiger charge is 2.29. The smallest absolute Gasteiger partial charge is 0.266 e. The Bertz CT molecular complexity index is 797. The van der Waals surface area contributed by atoms with Crippen LogP contribution in [0.1, 0.15) is 5.76 Å². The standard InChI is InChI=1S/C16H13ClN2O2S2/c1-18-16-19(2)15(20)13(23-16)9-11-5-8-14(21-11)22-12-6-3-10(17)4-7-12/h3-9H,1-2H3. The Morgan fingerprint density at radius 2 is 2.00 bits per heavy atom. The van der Waals surface area contributed by atoms with Gasteiger partial charge in [0.05, 0.1) is 4.91 Å². The first-order valence-electron chi connectivity index (χ1n) is 6.74. The predicted molar refractivity (Wildman–Crippen MR) is 96.0 cm³/mol. The van der Waals surface area contributed by atoms with Gasteiger partial charge in [-0.15, -0.1) is 0 Å². The van der Waals surface area contributed by atoms with Gasteiger partial charge in [-0.25, -0.2) is 0 Å². The van der Waals surface area contributed by atoms with Crippen molar-refractivity contribution in [3.8, 4) is 0 Å². The van der Waals surface area contributed by atoms with Gasteiger partial charge < -0.3 is 4.42 Å². The van der Waals surface area contributed by atoms with E-state index in [1.54, 1.807) is 20.2 Å². The third kappa shape index (κ3) is 3.65. The van der Waals surface area contributed by atoms with Crippen molar-refractivity contribution in [1.82, 2.24) is 4.90 Å². The molecule has 2 heterocycles. The number of nitrogens with zero attached hydrogens (tertiary/aromatic N) is 2. The molecule has 0 aliphatic carbocycles. The number of likely N-dealkylation sites (N-methyl/N-ethyl adjacent to an activating group) is 1. The van der Waals surface area contributed by atoms with Gasteiger partial charge in [0.15, 0.2) is 10.3 Å². The molecule has 0 saturated carbocycles. The van der Waals surface area contributed by atoms with Gasteiger partial charge in [-0.1, -0.05) is 23.4 Å². The average Bonchev–Trinajstić information content (AvgIpc) is 3.09. The second-order valence-corrected chi connectivity index (χ2v) is 7.22. The quantitative estimate of drug-likeness (QED) is 0.746. The number of furan rings is 1. The molecule has 0 atom stereocenters. The summed E-state index contributed by atoms with van der Waals surface area (Å²) in [6, 6.07) is 11.3. The van der Waals surface area contributed by atoms with Crippen LogP contribution in [-0.2, 0) is 4.79 Å². The van der Waals surface area contributed by atoms with E-state index in [9.17, 15) is 4.79 Å². The highest BCUT2D eigenvalue weighted by molar-refractivity contribution is 8.18. The van der Waals surface area contributed by atoms with Crippen LogP contribution < -0.4 is 0 Å². The van der Waals surface area contributed by atoms with Gasteiger partial charge >= 0.3 is 0 Å². The lowest BCUT2D eigenvalue weighted by atomic mass is 10.4.